The summed E-state index contributed by atoms with van der Waals surface area (Å²) in [4.78, 5) is 38.1. The highest BCUT2D eigenvalue weighted by atomic mass is 32.2. The molecular formula is C11H16N2O4S. The number of carbonyl (C=O) groups is 3. The minimum absolute atomic E-state index is 0.0119. The van der Waals surface area contributed by atoms with Crippen LogP contribution in [0.3, 0.4) is 0 Å². The van der Waals surface area contributed by atoms with Crippen molar-refractivity contribution in [1.29, 1.82) is 0 Å². The molecule has 2 rings (SSSR count). The van der Waals surface area contributed by atoms with E-state index in [0.717, 1.165) is 6.42 Å². The molecule has 2 amide bonds. The highest BCUT2D eigenvalue weighted by molar-refractivity contribution is 8.00. The SMILES string of the molecule is COC(=O)C1CCCN1C(=O)CN1CSCC1=O. The molecule has 2 saturated heterocycles. The molecule has 0 aromatic heterocycles. The van der Waals surface area contributed by atoms with Crippen molar-refractivity contribution in [1.82, 2.24) is 9.80 Å². The summed E-state index contributed by atoms with van der Waals surface area (Å²) in [5, 5.41) is 0. The van der Waals surface area contributed by atoms with Crippen molar-refractivity contribution in [2.75, 3.05) is 31.8 Å². The van der Waals surface area contributed by atoms with Crippen LogP contribution in [0.15, 0.2) is 0 Å². The Balaban J connectivity index is 1.95. The fourth-order valence-electron chi connectivity index (χ4n) is 2.24. The fraction of sp³-hybridized carbons (Fsp3) is 0.727. The molecule has 2 fully saturated rings. The van der Waals surface area contributed by atoms with Gasteiger partial charge in [-0.1, -0.05) is 0 Å². The van der Waals surface area contributed by atoms with E-state index in [-0.39, 0.29) is 24.3 Å². The van der Waals surface area contributed by atoms with E-state index < -0.39 is 6.04 Å². The first-order valence-corrected chi connectivity index (χ1v) is 7.01. The number of rotatable bonds is 3. The number of likely N-dealkylation sites (tertiary alicyclic amines) is 1. The lowest BCUT2D eigenvalue weighted by molar-refractivity contribution is -0.151. The molecule has 0 bridgehead atoms. The van der Waals surface area contributed by atoms with E-state index in [1.165, 1.54) is 28.7 Å². The molecule has 0 spiro atoms. The predicted octanol–water partition coefficient (Wildman–Crippen LogP) is -0.317. The number of ether oxygens (including phenoxy) is 1. The van der Waals surface area contributed by atoms with Crippen molar-refractivity contribution in [2.45, 2.75) is 18.9 Å². The van der Waals surface area contributed by atoms with E-state index in [9.17, 15) is 14.4 Å². The molecule has 18 heavy (non-hydrogen) atoms. The second kappa shape index (κ2) is 5.60. The van der Waals surface area contributed by atoms with Gasteiger partial charge in [0.15, 0.2) is 0 Å². The van der Waals surface area contributed by atoms with Gasteiger partial charge in [-0.15, -0.1) is 11.8 Å². The van der Waals surface area contributed by atoms with Crippen LogP contribution in [0.2, 0.25) is 0 Å². The van der Waals surface area contributed by atoms with Gasteiger partial charge < -0.3 is 14.5 Å². The lowest BCUT2D eigenvalue weighted by atomic mass is 10.2. The lowest BCUT2D eigenvalue weighted by Crippen LogP contribution is -2.46. The molecule has 2 heterocycles. The summed E-state index contributed by atoms with van der Waals surface area (Å²) in [7, 11) is 1.32. The van der Waals surface area contributed by atoms with Crippen molar-refractivity contribution in [3.63, 3.8) is 0 Å². The quantitative estimate of drug-likeness (QED) is 0.659. The van der Waals surface area contributed by atoms with Crippen LogP contribution in [0.25, 0.3) is 0 Å². The van der Waals surface area contributed by atoms with E-state index in [0.29, 0.717) is 24.6 Å². The number of amides is 2. The maximum absolute atomic E-state index is 12.1. The van der Waals surface area contributed by atoms with Gasteiger partial charge in [-0.3, -0.25) is 9.59 Å². The Kier molecular flexibility index (Phi) is 4.11. The molecule has 0 aromatic carbocycles. The van der Waals surface area contributed by atoms with Crippen LogP contribution in [0.5, 0.6) is 0 Å². The largest absolute Gasteiger partial charge is 0.467 e. The molecule has 100 valence electrons. The van der Waals surface area contributed by atoms with Crippen LogP contribution in [-0.4, -0.2) is 65.5 Å². The van der Waals surface area contributed by atoms with Crippen molar-refractivity contribution in [2.24, 2.45) is 0 Å². The van der Waals surface area contributed by atoms with Gasteiger partial charge in [0, 0.05) is 6.54 Å². The van der Waals surface area contributed by atoms with Crippen molar-refractivity contribution >= 4 is 29.5 Å². The molecule has 0 aromatic rings. The average Bonchev–Trinajstić information content (AvgIpc) is 2.98. The highest BCUT2D eigenvalue weighted by Crippen LogP contribution is 2.20. The molecule has 2 aliphatic rings. The Morgan fingerprint density at radius 3 is 2.89 bits per heavy atom. The molecule has 1 unspecified atom stereocenters. The predicted molar refractivity (Wildman–Crippen MR) is 65.8 cm³/mol. The van der Waals surface area contributed by atoms with Crippen LogP contribution in [0, 0.1) is 0 Å². The number of carbonyl (C=O) groups excluding carboxylic acids is 3. The maximum atomic E-state index is 12.1. The molecule has 0 N–H and O–H groups in total. The Hall–Kier alpha value is -1.24. The molecule has 7 heteroatoms. The fourth-order valence-corrected chi connectivity index (χ4v) is 3.14. The van der Waals surface area contributed by atoms with Gasteiger partial charge in [0.05, 0.1) is 18.7 Å². The van der Waals surface area contributed by atoms with Gasteiger partial charge in [-0.05, 0) is 12.8 Å². The van der Waals surface area contributed by atoms with Crippen molar-refractivity contribution in [3.05, 3.63) is 0 Å². The summed E-state index contributed by atoms with van der Waals surface area (Å²) < 4.78 is 4.69. The van der Waals surface area contributed by atoms with Crippen molar-refractivity contribution in [3.8, 4) is 0 Å². The van der Waals surface area contributed by atoms with Crippen LogP contribution in [0.1, 0.15) is 12.8 Å². The van der Waals surface area contributed by atoms with Crippen LogP contribution < -0.4 is 0 Å². The Labute approximate surface area is 110 Å². The number of thioether (sulfide) groups is 1. The molecular weight excluding hydrogens is 256 g/mol. The topological polar surface area (TPSA) is 66.9 Å². The number of hydrogen-bond acceptors (Lipinski definition) is 5. The molecule has 1 atom stereocenters. The smallest absolute Gasteiger partial charge is 0.328 e. The van der Waals surface area contributed by atoms with E-state index in [2.05, 4.69) is 4.74 Å². The van der Waals surface area contributed by atoms with Gasteiger partial charge in [0.1, 0.15) is 12.6 Å². The van der Waals surface area contributed by atoms with E-state index in [4.69, 9.17) is 0 Å². The van der Waals surface area contributed by atoms with Crippen molar-refractivity contribution < 1.29 is 19.1 Å². The Bertz CT molecular complexity index is 374. The second-order valence-corrected chi connectivity index (χ2v) is 5.29. The molecule has 6 nitrogen and oxygen atoms in total. The summed E-state index contributed by atoms with van der Waals surface area (Å²) in [5.74, 6) is 0.443. The van der Waals surface area contributed by atoms with Gasteiger partial charge in [0.2, 0.25) is 11.8 Å². The zero-order valence-electron chi connectivity index (χ0n) is 10.3. The van der Waals surface area contributed by atoms with Gasteiger partial charge in [-0.25, -0.2) is 4.79 Å². The molecule has 2 aliphatic heterocycles. The lowest BCUT2D eigenvalue weighted by Gasteiger charge is -2.25. The summed E-state index contributed by atoms with van der Waals surface area (Å²) >= 11 is 1.50. The minimum Gasteiger partial charge on any atom is -0.467 e. The zero-order valence-corrected chi connectivity index (χ0v) is 11.1. The Morgan fingerprint density at radius 1 is 1.50 bits per heavy atom. The molecule has 0 aliphatic carbocycles. The van der Waals surface area contributed by atoms with Gasteiger partial charge in [0.25, 0.3) is 0 Å². The van der Waals surface area contributed by atoms with Crippen LogP contribution in [-0.2, 0) is 19.1 Å². The second-order valence-electron chi connectivity index (χ2n) is 4.34. The third kappa shape index (κ3) is 2.60. The summed E-state index contributed by atoms with van der Waals surface area (Å²) in [6.45, 7) is 0.632. The van der Waals surface area contributed by atoms with Gasteiger partial charge >= 0.3 is 5.97 Å². The van der Waals surface area contributed by atoms with E-state index >= 15 is 0 Å². The standard InChI is InChI=1S/C11H16N2O4S/c1-17-11(16)8-3-2-4-13(8)9(14)5-12-7-18-6-10(12)15/h8H,2-7H2,1H3. The summed E-state index contributed by atoms with van der Waals surface area (Å²) in [5.41, 5.74) is 0. The third-order valence-electron chi connectivity index (χ3n) is 3.20. The first-order valence-electron chi connectivity index (χ1n) is 5.86. The zero-order chi connectivity index (χ0) is 13.1. The molecule has 0 radical (unpaired) electrons. The normalized spacial score (nSPS) is 23.6. The first-order chi connectivity index (χ1) is 8.63. The minimum atomic E-state index is -0.479. The third-order valence-corrected chi connectivity index (χ3v) is 4.14. The number of methoxy groups -OCH3 is 1. The van der Waals surface area contributed by atoms with E-state index in [1.807, 2.05) is 0 Å². The maximum Gasteiger partial charge on any atom is 0.328 e. The molecule has 0 saturated carbocycles. The monoisotopic (exact) mass is 272 g/mol. The Morgan fingerprint density at radius 2 is 2.28 bits per heavy atom. The van der Waals surface area contributed by atoms with Gasteiger partial charge in [-0.2, -0.15) is 0 Å². The van der Waals surface area contributed by atoms with E-state index in [1.54, 1.807) is 0 Å². The van der Waals surface area contributed by atoms with Crippen LogP contribution in [0.4, 0.5) is 0 Å². The number of esters is 1. The first kappa shape index (κ1) is 13.2. The van der Waals surface area contributed by atoms with Crippen LogP contribution >= 0.6 is 11.8 Å². The highest BCUT2D eigenvalue weighted by Gasteiger charge is 2.36. The number of nitrogens with zero attached hydrogens (tertiary/aromatic N) is 2. The number of hydrogen-bond donors (Lipinski definition) is 0. The summed E-state index contributed by atoms with van der Waals surface area (Å²) in [6.07, 6.45) is 1.44. The summed E-state index contributed by atoms with van der Waals surface area (Å²) in [6, 6.07) is -0.479. The average molecular weight is 272 g/mol.